The van der Waals surface area contributed by atoms with E-state index in [0.717, 1.165) is 24.1 Å². The molecule has 0 saturated heterocycles. The Morgan fingerprint density at radius 2 is 2.14 bits per heavy atom. The lowest BCUT2D eigenvalue weighted by molar-refractivity contribution is -0.118. The maximum absolute atomic E-state index is 12.6. The van der Waals surface area contributed by atoms with Crippen LogP contribution in [0.5, 0.6) is 0 Å². The molecular weight excluding hydrogens is 268 g/mol. The SMILES string of the molecule is CN1C(=O)CCc2cc(C(=O)N(CCO)C3CC3)ccc21. The van der Waals surface area contributed by atoms with Gasteiger partial charge in [-0.1, -0.05) is 0 Å². The van der Waals surface area contributed by atoms with Crippen molar-refractivity contribution in [1.29, 1.82) is 0 Å². The number of carbonyl (C=O) groups is 2. The number of anilines is 1. The van der Waals surface area contributed by atoms with Gasteiger partial charge in [-0.2, -0.15) is 0 Å². The minimum Gasteiger partial charge on any atom is -0.395 e. The summed E-state index contributed by atoms with van der Waals surface area (Å²) < 4.78 is 0. The molecule has 1 N–H and O–H groups in total. The van der Waals surface area contributed by atoms with Crippen LogP contribution in [0.1, 0.15) is 35.2 Å². The number of hydrogen-bond acceptors (Lipinski definition) is 3. The number of nitrogens with zero attached hydrogens (tertiary/aromatic N) is 2. The highest BCUT2D eigenvalue weighted by Crippen LogP contribution is 2.31. The summed E-state index contributed by atoms with van der Waals surface area (Å²) in [5, 5.41) is 9.13. The Balaban J connectivity index is 1.86. The minimum atomic E-state index is -0.0195. The van der Waals surface area contributed by atoms with Gasteiger partial charge in [0, 0.05) is 37.3 Å². The van der Waals surface area contributed by atoms with Crippen molar-refractivity contribution in [2.24, 2.45) is 0 Å². The van der Waals surface area contributed by atoms with Crippen molar-refractivity contribution < 1.29 is 14.7 Å². The van der Waals surface area contributed by atoms with E-state index in [1.807, 2.05) is 12.1 Å². The molecule has 0 unspecified atom stereocenters. The Morgan fingerprint density at radius 3 is 2.81 bits per heavy atom. The van der Waals surface area contributed by atoms with Gasteiger partial charge in [-0.25, -0.2) is 0 Å². The number of aryl methyl sites for hydroxylation is 1. The van der Waals surface area contributed by atoms with E-state index in [0.29, 0.717) is 24.9 Å². The molecule has 1 heterocycles. The summed E-state index contributed by atoms with van der Waals surface area (Å²) in [7, 11) is 1.77. The predicted molar refractivity (Wildman–Crippen MR) is 79.3 cm³/mol. The molecule has 0 radical (unpaired) electrons. The van der Waals surface area contributed by atoms with Crippen molar-refractivity contribution >= 4 is 17.5 Å². The van der Waals surface area contributed by atoms with Gasteiger partial charge in [-0.3, -0.25) is 9.59 Å². The average Bonchev–Trinajstić information content (AvgIpc) is 3.32. The van der Waals surface area contributed by atoms with Gasteiger partial charge >= 0.3 is 0 Å². The summed E-state index contributed by atoms with van der Waals surface area (Å²) in [6.45, 7) is 0.378. The molecule has 1 aliphatic carbocycles. The molecule has 0 spiro atoms. The fourth-order valence-corrected chi connectivity index (χ4v) is 2.90. The van der Waals surface area contributed by atoms with Crippen LogP contribution in [-0.2, 0) is 11.2 Å². The zero-order chi connectivity index (χ0) is 15.0. The van der Waals surface area contributed by atoms with Crippen LogP contribution >= 0.6 is 0 Å². The van der Waals surface area contributed by atoms with Crippen LogP contribution in [0.25, 0.3) is 0 Å². The third-order valence-electron chi connectivity index (χ3n) is 4.26. The van der Waals surface area contributed by atoms with Crippen molar-refractivity contribution in [3.8, 4) is 0 Å². The first-order valence-corrected chi connectivity index (χ1v) is 7.43. The normalized spacial score (nSPS) is 17.6. The monoisotopic (exact) mass is 288 g/mol. The van der Waals surface area contributed by atoms with E-state index in [4.69, 9.17) is 5.11 Å². The number of carbonyl (C=O) groups excluding carboxylic acids is 2. The highest BCUT2D eigenvalue weighted by Gasteiger charge is 2.33. The first-order valence-electron chi connectivity index (χ1n) is 7.43. The lowest BCUT2D eigenvalue weighted by Crippen LogP contribution is -2.36. The number of rotatable bonds is 4. The molecule has 1 aromatic rings. The Morgan fingerprint density at radius 1 is 1.38 bits per heavy atom. The molecule has 0 bridgehead atoms. The van der Waals surface area contributed by atoms with Gasteiger partial charge in [-0.15, -0.1) is 0 Å². The summed E-state index contributed by atoms with van der Waals surface area (Å²) in [4.78, 5) is 27.7. The number of fused-ring (bicyclic) bond motifs is 1. The van der Waals surface area contributed by atoms with Crippen LogP contribution in [0.3, 0.4) is 0 Å². The third kappa shape index (κ3) is 2.65. The van der Waals surface area contributed by atoms with E-state index >= 15 is 0 Å². The van der Waals surface area contributed by atoms with Gasteiger partial charge in [0.15, 0.2) is 0 Å². The molecule has 0 aromatic heterocycles. The molecule has 2 aliphatic rings. The highest BCUT2D eigenvalue weighted by atomic mass is 16.3. The first-order chi connectivity index (χ1) is 10.1. The van der Waals surface area contributed by atoms with E-state index in [1.165, 1.54) is 0 Å². The zero-order valence-electron chi connectivity index (χ0n) is 12.2. The van der Waals surface area contributed by atoms with E-state index < -0.39 is 0 Å². The number of hydrogen-bond donors (Lipinski definition) is 1. The molecule has 5 nitrogen and oxygen atoms in total. The molecule has 2 amide bonds. The lowest BCUT2D eigenvalue weighted by Gasteiger charge is -2.27. The molecule has 5 heteroatoms. The molecule has 21 heavy (non-hydrogen) atoms. The van der Waals surface area contributed by atoms with Gasteiger partial charge < -0.3 is 14.9 Å². The van der Waals surface area contributed by atoms with Crippen molar-refractivity contribution in [3.63, 3.8) is 0 Å². The van der Waals surface area contributed by atoms with Gasteiger partial charge in [0.05, 0.1) is 6.61 Å². The van der Waals surface area contributed by atoms with Crippen LogP contribution in [0, 0.1) is 0 Å². The fraction of sp³-hybridized carbons (Fsp3) is 0.500. The third-order valence-corrected chi connectivity index (χ3v) is 4.26. The quantitative estimate of drug-likeness (QED) is 0.905. The summed E-state index contributed by atoms with van der Waals surface area (Å²) in [5.74, 6) is 0.0929. The van der Waals surface area contributed by atoms with Gasteiger partial charge in [-0.05, 0) is 43.0 Å². The number of benzene rings is 1. The summed E-state index contributed by atoms with van der Waals surface area (Å²) in [6.07, 6.45) is 3.22. The maximum atomic E-state index is 12.6. The Bertz CT molecular complexity index is 581. The molecule has 1 aliphatic heterocycles. The second kappa shape index (κ2) is 5.48. The van der Waals surface area contributed by atoms with Crippen molar-refractivity contribution in [1.82, 2.24) is 4.90 Å². The molecular formula is C16H20N2O3. The van der Waals surface area contributed by atoms with Gasteiger partial charge in [0.25, 0.3) is 5.91 Å². The Labute approximate surface area is 124 Å². The molecule has 1 saturated carbocycles. The highest BCUT2D eigenvalue weighted by molar-refractivity contribution is 5.99. The van der Waals surface area contributed by atoms with Crippen LogP contribution in [0.15, 0.2) is 18.2 Å². The average molecular weight is 288 g/mol. The lowest BCUT2D eigenvalue weighted by atomic mass is 9.98. The van der Waals surface area contributed by atoms with Gasteiger partial charge in [0.1, 0.15) is 0 Å². The summed E-state index contributed by atoms with van der Waals surface area (Å²) in [5.41, 5.74) is 2.59. The van der Waals surface area contributed by atoms with E-state index in [-0.39, 0.29) is 24.5 Å². The standard InChI is InChI=1S/C16H20N2O3/c1-17-14-6-2-12(10-11(14)3-7-15(17)20)16(21)18(8-9-19)13-4-5-13/h2,6,10,13,19H,3-5,7-9H2,1H3. The molecule has 3 rings (SSSR count). The first kappa shape index (κ1) is 14.1. The number of aliphatic hydroxyl groups excluding tert-OH is 1. The van der Waals surface area contributed by atoms with Crippen molar-refractivity contribution in [2.75, 3.05) is 25.1 Å². The maximum Gasteiger partial charge on any atom is 0.254 e. The van der Waals surface area contributed by atoms with Crippen molar-refractivity contribution in [2.45, 2.75) is 31.7 Å². The van der Waals surface area contributed by atoms with Crippen molar-refractivity contribution in [3.05, 3.63) is 29.3 Å². The van der Waals surface area contributed by atoms with Gasteiger partial charge in [0.2, 0.25) is 5.91 Å². The Kier molecular flexibility index (Phi) is 3.68. The zero-order valence-corrected chi connectivity index (χ0v) is 12.2. The second-order valence-corrected chi connectivity index (χ2v) is 5.75. The van der Waals surface area contributed by atoms with Crippen LogP contribution < -0.4 is 4.90 Å². The number of aliphatic hydroxyl groups is 1. The smallest absolute Gasteiger partial charge is 0.254 e. The van der Waals surface area contributed by atoms with Crippen LogP contribution in [0.4, 0.5) is 5.69 Å². The van der Waals surface area contributed by atoms with E-state index in [9.17, 15) is 9.59 Å². The number of amides is 2. The molecule has 1 fully saturated rings. The van der Waals surface area contributed by atoms with Crippen LogP contribution in [-0.4, -0.2) is 48.1 Å². The molecule has 0 atom stereocenters. The molecule has 1 aromatic carbocycles. The topological polar surface area (TPSA) is 60.9 Å². The van der Waals surface area contributed by atoms with E-state index in [2.05, 4.69) is 0 Å². The van der Waals surface area contributed by atoms with Crippen LogP contribution in [0.2, 0.25) is 0 Å². The fourth-order valence-electron chi connectivity index (χ4n) is 2.90. The minimum absolute atomic E-state index is 0.00950. The molecule has 112 valence electrons. The van der Waals surface area contributed by atoms with E-state index in [1.54, 1.807) is 22.9 Å². The Hall–Kier alpha value is -1.88. The summed E-state index contributed by atoms with van der Waals surface area (Å²) >= 11 is 0. The predicted octanol–water partition coefficient (Wildman–Crippen LogP) is 1.19. The summed E-state index contributed by atoms with van der Waals surface area (Å²) in [6, 6.07) is 5.81. The second-order valence-electron chi connectivity index (χ2n) is 5.75. The largest absolute Gasteiger partial charge is 0.395 e.